The molecule has 31 heavy (non-hydrogen) atoms. The molecule has 2 aromatic rings. The number of hydrogen-bond donors (Lipinski definition) is 0. The Morgan fingerprint density at radius 2 is 2.00 bits per heavy atom. The molecule has 0 N–H and O–H groups in total. The number of Topliss-reactive ketones (excluding diaryl/α,β-unsaturated/α-hetero) is 1. The standard InChI is InChI=1S/C21H23ClN2O6S/c1-3-29-17-6-4-15(5-7-17)19(25)12-30-20(26)9-8-18-14(2)23-24(21(18)22)16-10-11-31(27,28)13-16/h4-9,16H,3,10-13H2,1-2H3/b9-8+/t16-/m0/s1. The molecule has 0 bridgehead atoms. The van der Waals surface area contributed by atoms with Gasteiger partial charge in [-0.05, 0) is 50.6 Å². The molecular formula is C21H23ClN2O6S. The zero-order chi connectivity index (χ0) is 22.6. The van der Waals surface area contributed by atoms with Crippen molar-refractivity contribution in [3.8, 4) is 5.75 Å². The van der Waals surface area contributed by atoms with Gasteiger partial charge in [-0.3, -0.25) is 4.79 Å². The van der Waals surface area contributed by atoms with Crippen molar-refractivity contribution in [2.24, 2.45) is 0 Å². The fraction of sp³-hybridized carbons (Fsp3) is 0.381. The lowest BCUT2D eigenvalue weighted by Gasteiger charge is -2.09. The van der Waals surface area contributed by atoms with Crippen LogP contribution < -0.4 is 4.74 Å². The number of aromatic nitrogens is 2. The van der Waals surface area contributed by atoms with E-state index < -0.39 is 22.4 Å². The maximum absolute atomic E-state index is 12.2. The second-order valence-electron chi connectivity index (χ2n) is 7.11. The summed E-state index contributed by atoms with van der Waals surface area (Å²) in [5.74, 6) is -0.290. The lowest BCUT2D eigenvalue weighted by molar-refractivity contribution is -0.136. The van der Waals surface area contributed by atoms with Gasteiger partial charge in [0.2, 0.25) is 0 Å². The van der Waals surface area contributed by atoms with E-state index in [9.17, 15) is 18.0 Å². The van der Waals surface area contributed by atoms with E-state index >= 15 is 0 Å². The van der Waals surface area contributed by atoms with Crippen molar-refractivity contribution < 1.29 is 27.5 Å². The molecular weight excluding hydrogens is 444 g/mol. The zero-order valence-corrected chi connectivity index (χ0v) is 18.8. The smallest absolute Gasteiger partial charge is 0.331 e. The molecule has 10 heteroatoms. The molecule has 2 heterocycles. The molecule has 166 valence electrons. The second-order valence-corrected chi connectivity index (χ2v) is 9.70. The van der Waals surface area contributed by atoms with E-state index in [-0.39, 0.29) is 28.5 Å². The summed E-state index contributed by atoms with van der Waals surface area (Å²) >= 11 is 6.37. The van der Waals surface area contributed by atoms with Crippen molar-refractivity contribution in [1.29, 1.82) is 0 Å². The van der Waals surface area contributed by atoms with Crippen LogP contribution in [0.2, 0.25) is 5.15 Å². The third kappa shape index (κ3) is 5.74. The maximum atomic E-state index is 12.2. The summed E-state index contributed by atoms with van der Waals surface area (Å²) in [7, 11) is -3.08. The quantitative estimate of drug-likeness (QED) is 0.334. The number of halogens is 1. The van der Waals surface area contributed by atoms with Crippen molar-refractivity contribution in [2.45, 2.75) is 26.3 Å². The summed E-state index contributed by atoms with van der Waals surface area (Å²) < 4.78 is 35.3. The average Bonchev–Trinajstić information content (AvgIpc) is 3.23. The number of hydrogen-bond acceptors (Lipinski definition) is 7. The zero-order valence-electron chi connectivity index (χ0n) is 17.2. The van der Waals surface area contributed by atoms with Gasteiger partial charge in [-0.15, -0.1) is 0 Å². The molecule has 0 radical (unpaired) electrons. The van der Waals surface area contributed by atoms with Gasteiger partial charge in [0.25, 0.3) is 0 Å². The Kier molecular flexibility index (Phi) is 7.17. The number of nitrogens with zero attached hydrogens (tertiary/aromatic N) is 2. The SMILES string of the molecule is CCOc1ccc(C(=O)COC(=O)/C=C/c2c(C)nn([C@H]3CCS(=O)(=O)C3)c2Cl)cc1. The molecule has 8 nitrogen and oxygen atoms in total. The number of sulfone groups is 1. The van der Waals surface area contributed by atoms with Crippen LogP contribution in [0.1, 0.15) is 41.0 Å². The van der Waals surface area contributed by atoms with E-state index in [1.807, 2.05) is 6.92 Å². The summed E-state index contributed by atoms with van der Waals surface area (Å²) in [5.41, 5.74) is 1.47. The monoisotopic (exact) mass is 466 g/mol. The van der Waals surface area contributed by atoms with Crippen molar-refractivity contribution >= 4 is 39.3 Å². The largest absolute Gasteiger partial charge is 0.494 e. The molecule has 0 amide bonds. The fourth-order valence-corrected chi connectivity index (χ4v) is 5.32. The molecule has 0 aliphatic carbocycles. The molecule has 0 unspecified atom stereocenters. The van der Waals surface area contributed by atoms with Gasteiger partial charge < -0.3 is 9.47 Å². The first-order chi connectivity index (χ1) is 14.7. The minimum Gasteiger partial charge on any atom is -0.494 e. The van der Waals surface area contributed by atoms with Crippen LogP contribution in [0.15, 0.2) is 30.3 Å². The first-order valence-corrected chi connectivity index (χ1v) is 12.0. The van der Waals surface area contributed by atoms with Crippen LogP contribution in [0, 0.1) is 6.92 Å². The molecule has 1 fully saturated rings. The van der Waals surface area contributed by atoms with Gasteiger partial charge in [-0.1, -0.05) is 11.6 Å². The van der Waals surface area contributed by atoms with Crippen LogP contribution in [0.4, 0.5) is 0 Å². The topological polar surface area (TPSA) is 105 Å². The van der Waals surface area contributed by atoms with E-state index in [0.717, 1.165) is 6.08 Å². The van der Waals surface area contributed by atoms with E-state index in [1.54, 1.807) is 31.2 Å². The van der Waals surface area contributed by atoms with Crippen molar-refractivity contribution in [1.82, 2.24) is 9.78 Å². The molecule has 1 aliphatic rings. The number of aryl methyl sites for hydroxylation is 1. The molecule has 1 aliphatic heterocycles. The summed E-state index contributed by atoms with van der Waals surface area (Å²) in [6.45, 7) is 3.71. The summed E-state index contributed by atoms with van der Waals surface area (Å²) in [5, 5.41) is 4.58. The Labute approximate surface area is 185 Å². The molecule has 0 spiro atoms. The Hall–Kier alpha value is -2.65. The predicted octanol–water partition coefficient (Wildman–Crippen LogP) is 3.04. The number of benzene rings is 1. The van der Waals surface area contributed by atoms with Gasteiger partial charge in [0.15, 0.2) is 22.2 Å². The van der Waals surface area contributed by atoms with Crippen LogP contribution in [0.3, 0.4) is 0 Å². The summed E-state index contributed by atoms with van der Waals surface area (Å²) in [6, 6.07) is 6.25. The maximum Gasteiger partial charge on any atom is 0.331 e. The highest BCUT2D eigenvalue weighted by Crippen LogP contribution is 2.30. The van der Waals surface area contributed by atoms with Crippen LogP contribution in [-0.4, -0.2) is 54.7 Å². The Morgan fingerprint density at radius 1 is 1.29 bits per heavy atom. The van der Waals surface area contributed by atoms with Crippen molar-refractivity contribution in [3.63, 3.8) is 0 Å². The number of carbonyl (C=O) groups excluding carboxylic acids is 2. The van der Waals surface area contributed by atoms with Gasteiger partial charge in [-0.25, -0.2) is 17.9 Å². The van der Waals surface area contributed by atoms with Crippen LogP contribution in [-0.2, 0) is 19.4 Å². The molecule has 1 atom stereocenters. The summed E-state index contributed by atoms with van der Waals surface area (Å²) in [4.78, 5) is 24.2. The van der Waals surface area contributed by atoms with Crippen LogP contribution in [0.25, 0.3) is 6.08 Å². The first kappa shape index (κ1) is 23.0. The molecule has 0 saturated carbocycles. The number of esters is 1. The lowest BCUT2D eigenvalue weighted by atomic mass is 10.1. The Balaban J connectivity index is 1.59. The number of carbonyl (C=O) groups is 2. The second kappa shape index (κ2) is 9.65. The van der Waals surface area contributed by atoms with Gasteiger partial charge in [-0.2, -0.15) is 5.10 Å². The fourth-order valence-electron chi connectivity index (χ4n) is 3.25. The minimum atomic E-state index is -3.08. The summed E-state index contributed by atoms with van der Waals surface area (Å²) in [6.07, 6.45) is 3.06. The third-order valence-electron chi connectivity index (χ3n) is 4.84. The highest BCUT2D eigenvalue weighted by Gasteiger charge is 2.31. The van der Waals surface area contributed by atoms with E-state index in [2.05, 4.69) is 5.10 Å². The lowest BCUT2D eigenvalue weighted by Crippen LogP contribution is -2.12. The number of ether oxygens (including phenoxy) is 2. The first-order valence-electron chi connectivity index (χ1n) is 9.76. The normalized spacial score (nSPS) is 17.7. The average molecular weight is 467 g/mol. The van der Waals surface area contributed by atoms with Gasteiger partial charge in [0.05, 0.1) is 29.8 Å². The van der Waals surface area contributed by atoms with E-state index in [1.165, 1.54) is 10.8 Å². The van der Waals surface area contributed by atoms with Gasteiger partial charge in [0.1, 0.15) is 10.9 Å². The predicted molar refractivity (Wildman–Crippen MR) is 116 cm³/mol. The van der Waals surface area contributed by atoms with Gasteiger partial charge >= 0.3 is 5.97 Å². The highest BCUT2D eigenvalue weighted by atomic mass is 35.5. The van der Waals surface area contributed by atoms with Crippen LogP contribution >= 0.6 is 11.6 Å². The van der Waals surface area contributed by atoms with E-state index in [4.69, 9.17) is 21.1 Å². The molecule has 1 aromatic carbocycles. The van der Waals surface area contributed by atoms with Crippen LogP contribution in [0.5, 0.6) is 5.75 Å². The minimum absolute atomic E-state index is 0.00725. The molecule has 1 saturated heterocycles. The highest BCUT2D eigenvalue weighted by molar-refractivity contribution is 7.91. The number of ketones is 1. The van der Waals surface area contributed by atoms with Crippen molar-refractivity contribution in [2.75, 3.05) is 24.7 Å². The third-order valence-corrected chi connectivity index (χ3v) is 6.97. The molecule has 1 aromatic heterocycles. The Morgan fingerprint density at radius 3 is 2.61 bits per heavy atom. The van der Waals surface area contributed by atoms with Crippen molar-refractivity contribution in [3.05, 3.63) is 52.3 Å². The number of rotatable bonds is 8. The molecule has 3 rings (SSSR count). The van der Waals surface area contributed by atoms with E-state index in [0.29, 0.717) is 35.6 Å². The Bertz CT molecular complexity index is 1110. The van der Waals surface area contributed by atoms with Gasteiger partial charge in [0, 0.05) is 17.2 Å².